The summed E-state index contributed by atoms with van der Waals surface area (Å²) in [6, 6.07) is 6.33. The molecule has 29 heavy (non-hydrogen) atoms. The third-order valence-electron chi connectivity index (χ3n) is 6.54. The topological polar surface area (TPSA) is 21.1 Å². The van der Waals surface area contributed by atoms with Crippen molar-refractivity contribution in [3.05, 3.63) is 58.2 Å². The molecular weight excluding hydrogens is 378 g/mol. The summed E-state index contributed by atoms with van der Waals surface area (Å²) in [6.07, 6.45) is 3.11. The predicted molar refractivity (Wildman–Crippen MR) is 124 cm³/mol. The number of nitrogens with zero attached hydrogens (tertiary/aromatic N) is 3. The Morgan fingerprint density at radius 3 is 2.24 bits per heavy atom. The van der Waals surface area contributed by atoms with Gasteiger partial charge in [-0.15, -0.1) is 0 Å². The average Bonchev–Trinajstić information content (AvgIpc) is 2.92. The highest BCUT2D eigenvalue weighted by molar-refractivity contribution is 6.30. The van der Waals surface area contributed by atoms with Crippen LogP contribution in [0.2, 0.25) is 5.02 Å². The number of piperidine rings is 1. The van der Waals surface area contributed by atoms with Gasteiger partial charge in [0.05, 0.1) is 5.69 Å². The minimum atomic E-state index is 0.650. The Morgan fingerprint density at radius 2 is 1.66 bits per heavy atom. The molecule has 0 unspecified atom stereocenters. The number of halogens is 1. The number of pyridine rings is 1. The highest BCUT2D eigenvalue weighted by Crippen LogP contribution is 2.38. The van der Waals surface area contributed by atoms with Crippen LogP contribution in [0.1, 0.15) is 47.3 Å². The van der Waals surface area contributed by atoms with Crippen molar-refractivity contribution in [3.8, 4) is 5.69 Å². The van der Waals surface area contributed by atoms with Crippen LogP contribution >= 0.6 is 11.6 Å². The van der Waals surface area contributed by atoms with Crippen molar-refractivity contribution in [3.63, 3.8) is 0 Å². The number of rotatable bonds is 3. The molecular formula is C25H30ClN3. The fraction of sp³-hybridized carbons (Fsp3) is 0.440. The van der Waals surface area contributed by atoms with Gasteiger partial charge in [0, 0.05) is 40.6 Å². The van der Waals surface area contributed by atoms with Crippen molar-refractivity contribution in [1.29, 1.82) is 0 Å². The first-order valence-electron chi connectivity index (χ1n) is 10.5. The summed E-state index contributed by atoms with van der Waals surface area (Å²) in [7, 11) is 0. The minimum Gasteiger partial charge on any atom is -0.371 e. The maximum atomic E-state index is 6.31. The van der Waals surface area contributed by atoms with Gasteiger partial charge in [-0.3, -0.25) is 4.57 Å². The normalized spacial score (nSPS) is 15.5. The van der Waals surface area contributed by atoms with Crippen LogP contribution in [0.15, 0.2) is 18.2 Å². The third kappa shape index (κ3) is 3.44. The lowest BCUT2D eigenvalue weighted by Crippen LogP contribution is -2.33. The van der Waals surface area contributed by atoms with Gasteiger partial charge in [0.2, 0.25) is 0 Å². The summed E-state index contributed by atoms with van der Waals surface area (Å²) in [5.74, 6) is 0.650. The molecule has 0 N–H and O–H groups in total. The summed E-state index contributed by atoms with van der Waals surface area (Å²) in [5.41, 5.74) is 9.48. The van der Waals surface area contributed by atoms with Gasteiger partial charge in [-0.05, 0) is 102 Å². The van der Waals surface area contributed by atoms with Gasteiger partial charge in [0.25, 0.3) is 0 Å². The van der Waals surface area contributed by atoms with Crippen molar-refractivity contribution < 1.29 is 0 Å². The molecule has 1 saturated heterocycles. The molecule has 1 fully saturated rings. The van der Waals surface area contributed by atoms with Crippen LogP contribution < -0.4 is 4.90 Å². The molecule has 0 bridgehead atoms. The lowest BCUT2D eigenvalue weighted by molar-refractivity contribution is 0.409. The Hall–Kier alpha value is -2.00. The van der Waals surface area contributed by atoms with E-state index in [-0.39, 0.29) is 0 Å². The van der Waals surface area contributed by atoms with E-state index in [9.17, 15) is 0 Å². The first-order valence-corrected chi connectivity index (χ1v) is 10.9. The van der Waals surface area contributed by atoms with Crippen molar-refractivity contribution in [2.45, 2.75) is 53.9 Å². The van der Waals surface area contributed by atoms with E-state index in [0.29, 0.717) is 5.92 Å². The molecule has 1 aliphatic heterocycles. The predicted octanol–water partition coefficient (Wildman–Crippen LogP) is 6.54. The smallest absolute Gasteiger partial charge is 0.147 e. The lowest BCUT2D eigenvalue weighted by atomic mass is 9.94. The van der Waals surface area contributed by atoms with E-state index >= 15 is 0 Å². The molecule has 2 aromatic heterocycles. The van der Waals surface area contributed by atoms with Gasteiger partial charge in [0.1, 0.15) is 5.65 Å². The van der Waals surface area contributed by atoms with Crippen LogP contribution in [-0.4, -0.2) is 22.6 Å². The number of fused-ring (bicyclic) bond motifs is 1. The molecule has 3 aromatic rings. The summed E-state index contributed by atoms with van der Waals surface area (Å²) < 4.78 is 2.33. The lowest BCUT2D eigenvalue weighted by Gasteiger charge is -2.34. The SMILES string of the molecule is [CH]CC1CCN(c2cc(C)nc3c2c(C)c(C)n3-c2c(C)cc(Cl)cc2C)CC1. The standard InChI is InChI=1S/C25H30ClN3/c1-7-20-8-10-28(11-9-20)22-14-17(4)27-25-23(22)18(5)19(6)29(25)24-15(2)12-21(26)13-16(24)3/h1,12-14,20H,7-11H2,2-6H3. The highest BCUT2D eigenvalue weighted by atomic mass is 35.5. The Balaban J connectivity index is 1.94. The van der Waals surface area contributed by atoms with Gasteiger partial charge in [-0.2, -0.15) is 0 Å². The molecule has 3 heterocycles. The maximum Gasteiger partial charge on any atom is 0.147 e. The van der Waals surface area contributed by atoms with Crippen LogP contribution in [0, 0.1) is 47.5 Å². The van der Waals surface area contributed by atoms with Gasteiger partial charge in [-0.25, -0.2) is 4.98 Å². The van der Waals surface area contributed by atoms with E-state index in [4.69, 9.17) is 23.5 Å². The molecule has 0 spiro atoms. The van der Waals surface area contributed by atoms with Crippen LogP contribution in [0.3, 0.4) is 0 Å². The van der Waals surface area contributed by atoms with Crippen LogP contribution in [0.25, 0.3) is 16.7 Å². The molecule has 4 rings (SSSR count). The molecule has 2 radical (unpaired) electrons. The Labute approximate surface area is 179 Å². The third-order valence-corrected chi connectivity index (χ3v) is 6.76. The number of anilines is 1. The first-order chi connectivity index (χ1) is 13.8. The van der Waals surface area contributed by atoms with Crippen LogP contribution in [0.4, 0.5) is 5.69 Å². The molecule has 3 nitrogen and oxygen atoms in total. The number of aryl methyl sites for hydroxylation is 4. The van der Waals surface area contributed by atoms with Crippen LogP contribution in [-0.2, 0) is 0 Å². The largest absolute Gasteiger partial charge is 0.371 e. The summed E-state index contributed by atoms with van der Waals surface area (Å²) in [4.78, 5) is 7.54. The van der Waals surface area contributed by atoms with E-state index in [0.717, 1.165) is 48.7 Å². The fourth-order valence-electron chi connectivity index (χ4n) is 4.86. The number of hydrogen-bond acceptors (Lipinski definition) is 2. The van der Waals surface area contributed by atoms with E-state index in [1.165, 1.54) is 39.1 Å². The highest BCUT2D eigenvalue weighted by Gasteiger charge is 2.25. The van der Waals surface area contributed by atoms with Gasteiger partial charge < -0.3 is 4.90 Å². The Kier molecular flexibility index (Phi) is 5.37. The molecule has 0 saturated carbocycles. The van der Waals surface area contributed by atoms with E-state index in [1.807, 2.05) is 12.1 Å². The minimum absolute atomic E-state index is 0.650. The van der Waals surface area contributed by atoms with Crippen molar-refractivity contribution in [2.24, 2.45) is 5.92 Å². The molecule has 0 aliphatic carbocycles. The van der Waals surface area contributed by atoms with E-state index in [2.05, 4.69) is 50.2 Å². The fourth-order valence-corrected chi connectivity index (χ4v) is 5.18. The molecule has 152 valence electrons. The van der Waals surface area contributed by atoms with E-state index in [1.54, 1.807) is 0 Å². The zero-order chi connectivity index (χ0) is 20.9. The second-order valence-electron chi connectivity index (χ2n) is 8.58. The first kappa shape index (κ1) is 20.3. The second-order valence-corrected chi connectivity index (χ2v) is 9.02. The number of hydrogen-bond donors (Lipinski definition) is 0. The molecule has 1 aliphatic rings. The Bertz CT molecular complexity index is 1050. The number of aromatic nitrogens is 2. The van der Waals surface area contributed by atoms with Crippen molar-refractivity contribution >= 4 is 28.3 Å². The zero-order valence-electron chi connectivity index (χ0n) is 18.1. The maximum absolute atomic E-state index is 6.31. The molecule has 0 atom stereocenters. The Morgan fingerprint density at radius 1 is 1.03 bits per heavy atom. The van der Waals surface area contributed by atoms with Gasteiger partial charge >= 0.3 is 0 Å². The summed E-state index contributed by atoms with van der Waals surface area (Å²) >= 11 is 6.31. The summed E-state index contributed by atoms with van der Waals surface area (Å²) in [5, 5.41) is 2.05. The molecule has 0 amide bonds. The quantitative estimate of drug-likeness (QED) is 0.491. The van der Waals surface area contributed by atoms with E-state index < -0.39 is 0 Å². The molecule has 4 heteroatoms. The van der Waals surface area contributed by atoms with Gasteiger partial charge in [-0.1, -0.05) is 11.6 Å². The van der Waals surface area contributed by atoms with Crippen molar-refractivity contribution in [1.82, 2.24) is 9.55 Å². The molecule has 1 aromatic carbocycles. The van der Waals surface area contributed by atoms with Crippen LogP contribution in [0.5, 0.6) is 0 Å². The zero-order valence-corrected chi connectivity index (χ0v) is 18.9. The average molecular weight is 408 g/mol. The second kappa shape index (κ2) is 7.68. The summed E-state index contributed by atoms with van der Waals surface area (Å²) in [6.45, 7) is 18.8. The van der Waals surface area contributed by atoms with Gasteiger partial charge in [0.15, 0.2) is 0 Å². The number of benzene rings is 1. The van der Waals surface area contributed by atoms with Crippen molar-refractivity contribution in [2.75, 3.05) is 18.0 Å². The monoisotopic (exact) mass is 407 g/mol.